The van der Waals surface area contributed by atoms with Gasteiger partial charge in [-0.3, -0.25) is 14.9 Å². The number of aryl methyl sites for hydroxylation is 1. The van der Waals surface area contributed by atoms with Gasteiger partial charge in [-0.1, -0.05) is 24.4 Å². The van der Waals surface area contributed by atoms with Crippen LogP contribution in [0.2, 0.25) is 5.02 Å². The second kappa shape index (κ2) is 9.38. The van der Waals surface area contributed by atoms with Gasteiger partial charge in [0.2, 0.25) is 11.9 Å². The van der Waals surface area contributed by atoms with Gasteiger partial charge in [-0.05, 0) is 25.0 Å². The molecule has 0 radical (unpaired) electrons. The van der Waals surface area contributed by atoms with E-state index in [4.69, 9.17) is 21.4 Å². The minimum Gasteiger partial charge on any atom is -0.492 e. The van der Waals surface area contributed by atoms with Crippen LogP contribution in [0.15, 0.2) is 35.8 Å². The molecular weight excluding hydrogens is 422 g/mol. The summed E-state index contributed by atoms with van der Waals surface area (Å²) in [5.41, 5.74) is 1.38. The molecule has 1 amide bonds. The number of amides is 1. The number of hydrogen-bond acceptors (Lipinski definition) is 6. The molecule has 1 unspecified atom stereocenters. The number of aliphatic imine (C=N–C) groups is 1. The van der Waals surface area contributed by atoms with Crippen molar-refractivity contribution in [2.24, 2.45) is 4.99 Å². The van der Waals surface area contributed by atoms with Gasteiger partial charge in [-0.2, -0.15) is 0 Å². The number of carbonyl (C=O) groups excluding carboxylic acids is 1. The second-order valence-corrected chi connectivity index (χ2v) is 7.98. The molecule has 164 valence electrons. The van der Waals surface area contributed by atoms with Gasteiger partial charge >= 0.3 is 5.97 Å². The molecule has 2 aliphatic rings. The van der Waals surface area contributed by atoms with Crippen molar-refractivity contribution < 1.29 is 19.4 Å². The molecule has 2 N–H and O–H groups in total. The maximum atomic E-state index is 12.1. The second-order valence-electron chi connectivity index (χ2n) is 7.60. The fraction of sp³-hybridized carbons (Fsp3) is 0.429. The van der Waals surface area contributed by atoms with Crippen LogP contribution in [0.4, 0.5) is 5.69 Å². The van der Waals surface area contributed by atoms with E-state index in [-0.39, 0.29) is 12.3 Å². The van der Waals surface area contributed by atoms with Gasteiger partial charge in [0.1, 0.15) is 11.8 Å². The highest BCUT2D eigenvalue weighted by Gasteiger charge is 2.40. The lowest BCUT2D eigenvalue weighted by Crippen LogP contribution is -2.38. The summed E-state index contributed by atoms with van der Waals surface area (Å²) in [4.78, 5) is 33.4. The van der Waals surface area contributed by atoms with E-state index in [0.717, 1.165) is 37.8 Å². The molecule has 2 aromatic rings. The molecule has 1 aromatic heterocycles. The number of unbranched alkanes of at least 4 members (excludes halogenated alkanes) is 3. The van der Waals surface area contributed by atoms with Crippen LogP contribution in [0.1, 0.15) is 37.7 Å². The zero-order valence-corrected chi connectivity index (χ0v) is 17.7. The van der Waals surface area contributed by atoms with Crippen molar-refractivity contribution in [3.63, 3.8) is 0 Å². The average Bonchev–Trinajstić information content (AvgIpc) is 3.35. The van der Waals surface area contributed by atoms with Crippen LogP contribution >= 0.6 is 11.6 Å². The summed E-state index contributed by atoms with van der Waals surface area (Å²) in [6.07, 6.45) is 9.46. The van der Waals surface area contributed by atoms with E-state index >= 15 is 0 Å². The van der Waals surface area contributed by atoms with E-state index in [1.54, 1.807) is 17.2 Å². The Bertz CT molecular complexity index is 992. The van der Waals surface area contributed by atoms with Gasteiger partial charge in [0, 0.05) is 24.5 Å². The molecule has 1 fully saturated rings. The maximum absolute atomic E-state index is 12.1. The quantitative estimate of drug-likeness (QED) is 0.544. The van der Waals surface area contributed by atoms with Crippen molar-refractivity contribution in [1.82, 2.24) is 19.8 Å². The summed E-state index contributed by atoms with van der Waals surface area (Å²) in [5, 5.41) is 12.2. The van der Waals surface area contributed by atoms with Crippen molar-refractivity contribution in [1.29, 1.82) is 0 Å². The van der Waals surface area contributed by atoms with Crippen molar-refractivity contribution in [2.75, 3.05) is 6.61 Å². The number of carboxylic acids is 1. The fourth-order valence-electron chi connectivity index (χ4n) is 3.79. The topological polar surface area (TPSA) is 109 Å². The Morgan fingerprint density at radius 1 is 1.29 bits per heavy atom. The van der Waals surface area contributed by atoms with E-state index < -0.39 is 12.0 Å². The van der Waals surface area contributed by atoms with Gasteiger partial charge in [0.25, 0.3) is 0 Å². The summed E-state index contributed by atoms with van der Waals surface area (Å²) in [6.45, 7) is 1.83. The number of aliphatic carboxylic acids is 1. The number of ether oxygens (including phenoxy) is 1. The lowest BCUT2D eigenvalue weighted by atomic mass is 10.1. The van der Waals surface area contributed by atoms with Crippen LogP contribution in [-0.4, -0.2) is 50.0 Å². The molecule has 9 nitrogen and oxygen atoms in total. The SMILES string of the molecule is O=C(O)CC1C(=O)NC2=Nc3ccc(OCCCCCCn4ccnc4)c(Cl)c3CN21. The summed E-state index contributed by atoms with van der Waals surface area (Å²) in [6, 6.07) is 2.79. The number of fused-ring (bicyclic) bond motifs is 2. The molecule has 2 aliphatic heterocycles. The van der Waals surface area contributed by atoms with Crippen LogP contribution < -0.4 is 10.1 Å². The minimum absolute atomic E-state index is 0.297. The Balaban J connectivity index is 1.31. The summed E-state index contributed by atoms with van der Waals surface area (Å²) >= 11 is 6.58. The molecule has 4 rings (SSSR count). The third-order valence-corrected chi connectivity index (χ3v) is 5.83. The van der Waals surface area contributed by atoms with Gasteiger partial charge in [-0.15, -0.1) is 0 Å². The van der Waals surface area contributed by atoms with Gasteiger partial charge in [0.05, 0.1) is 36.6 Å². The first-order valence-electron chi connectivity index (χ1n) is 10.3. The largest absolute Gasteiger partial charge is 0.492 e. The zero-order chi connectivity index (χ0) is 21.8. The van der Waals surface area contributed by atoms with E-state index in [0.29, 0.717) is 35.6 Å². The molecular formula is C21H24ClN5O4. The smallest absolute Gasteiger partial charge is 0.305 e. The normalized spacial score (nSPS) is 17.1. The van der Waals surface area contributed by atoms with Gasteiger partial charge in [0.15, 0.2) is 0 Å². The molecule has 0 spiro atoms. The first-order chi connectivity index (χ1) is 15.0. The Labute approximate surface area is 184 Å². The van der Waals surface area contributed by atoms with E-state index in [1.807, 2.05) is 18.6 Å². The highest BCUT2D eigenvalue weighted by molar-refractivity contribution is 6.33. The monoisotopic (exact) mass is 445 g/mol. The van der Waals surface area contributed by atoms with E-state index in [9.17, 15) is 9.59 Å². The predicted octanol–water partition coefficient (Wildman–Crippen LogP) is 2.95. The van der Waals surface area contributed by atoms with Crippen LogP contribution in [0.3, 0.4) is 0 Å². The number of aromatic nitrogens is 2. The average molecular weight is 446 g/mol. The number of nitrogens with zero attached hydrogens (tertiary/aromatic N) is 4. The Morgan fingerprint density at radius 2 is 2.13 bits per heavy atom. The molecule has 31 heavy (non-hydrogen) atoms. The molecule has 0 saturated carbocycles. The van der Waals surface area contributed by atoms with E-state index in [2.05, 4.69) is 19.9 Å². The Hall–Kier alpha value is -3.07. The van der Waals surface area contributed by atoms with Gasteiger partial charge < -0.3 is 19.3 Å². The maximum Gasteiger partial charge on any atom is 0.305 e. The summed E-state index contributed by atoms with van der Waals surface area (Å²) in [5.74, 6) is -0.468. The van der Waals surface area contributed by atoms with Crippen molar-refractivity contribution in [2.45, 2.75) is 51.2 Å². The number of imidazole rings is 1. The summed E-state index contributed by atoms with van der Waals surface area (Å²) < 4.78 is 7.96. The van der Waals surface area contributed by atoms with Crippen molar-refractivity contribution >= 4 is 35.1 Å². The number of carboxylic acid groups (broad SMARTS) is 1. The third-order valence-electron chi connectivity index (χ3n) is 5.42. The molecule has 1 saturated heterocycles. The lowest BCUT2D eigenvalue weighted by Gasteiger charge is -2.28. The van der Waals surface area contributed by atoms with Crippen LogP contribution in [0, 0.1) is 0 Å². The van der Waals surface area contributed by atoms with Crippen molar-refractivity contribution in [3.8, 4) is 5.75 Å². The number of benzene rings is 1. The highest BCUT2D eigenvalue weighted by Crippen LogP contribution is 2.39. The highest BCUT2D eigenvalue weighted by atomic mass is 35.5. The molecule has 10 heteroatoms. The number of carbonyl (C=O) groups is 2. The standard InChI is InChI=1S/C21H24ClN5O4/c22-19-14-12-27-16(11-18(28)29)20(30)25-21(27)24-15(14)5-6-17(19)31-10-4-2-1-3-8-26-9-7-23-13-26/h5-7,9,13,16H,1-4,8,10-12H2,(H,28,29)(H,24,25,30). The Morgan fingerprint density at radius 3 is 2.90 bits per heavy atom. The number of hydrogen-bond donors (Lipinski definition) is 2. The number of nitrogens with one attached hydrogen (secondary N) is 1. The fourth-order valence-corrected chi connectivity index (χ4v) is 4.07. The number of guanidine groups is 1. The lowest BCUT2D eigenvalue weighted by molar-refractivity contribution is -0.140. The number of rotatable bonds is 10. The third kappa shape index (κ3) is 4.82. The first-order valence-corrected chi connectivity index (χ1v) is 10.7. The Kier molecular flexibility index (Phi) is 6.41. The first kappa shape index (κ1) is 21.2. The van der Waals surface area contributed by atoms with Crippen LogP contribution in [0.25, 0.3) is 0 Å². The molecule has 3 heterocycles. The number of halogens is 1. The molecule has 0 bridgehead atoms. The predicted molar refractivity (Wildman–Crippen MR) is 114 cm³/mol. The zero-order valence-electron chi connectivity index (χ0n) is 17.0. The van der Waals surface area contributed by atoms with Gasteiger partial charge in [-0.25, -0.2) is 9.98 Å². The van der Waals surface area contributed by atoms with Crippen LogP contribution in [0.5, 0.6) is 5.75 Å². The summed E-state index contributed by atoms with van der Waals surface area (Å²) in [7, 11) is 0. The molecule has 0 aliphatic carbocycles. The minimum atomic E-state index is -1.04. The molecule has 1 atom stereocenters. The van der Waals surface area contributed by atoms with E-state index in [1.165, 1.54) is 0 Å². The van der Waals surface area contributed by atoms with Crippen LogP contribution in [-0.2, 0) is 22.7 Å². The molecule has 1 aromatic carbocycles. The van der Waals surface area contributed by atoms with Crippen molar-refractivity contribution in [3.05, 3.63) is 41.4 Å².